The van der Waals surface area contributed by atoms with Gasteiger partial charge in [0.25, 0.3) is 5.91 Å². The number of rotatable bonds is 6. The number of hydrogen-bond donors (Lipinski definition) is 0. The molecule has 1 fully saturated rings. The van der Waals surface area contributed by atoms with Crippen LogP contribution >= 0.6 is 35.6 Å². The molecule has 3 nitrogen and oxygen atoms in total. The second-order valence-corrected chi connectivity index (χ2v) is 8.79. The highest BCUT2D eigenvalue weighted by atomic mass is 35.5. The summed E-state index contributed by atoms with van der Waals surface area (Å²) < 4.78 is 6.39. The Labute approximate surface area is 190 Å². The Morgan fingerprint density at radius 2 is 1.67 bits per heavy atom. The Hall–Kier alpha value is -2.60. The number of hydrogen-bond acceptors (Lipinski definition) is 4. The van der Waals surface area contributed by atoms with Crippen molar-refractivity contribution in [1.29, 1.82) is 0 Å². The van der Waals surface area contributed by atoms with Gasteiger partial charge in [0.1, 0.15) is 16.7 Å². The smallest absolute Gasteiger partial charge is 0.266 e. The molecule has 30 heavy (non-hydrogen) atoms. The molecule has 0 saturated carbocycles. The number of benzene rings is 3. The number of amides is 1. The van der Waals surface area contributed by atoms with Crippen LogP contribution in [-0.4, -0.2) is 15.1 Å². The van der Waals surface area contributed by atoms with E-state index in [-0.39, 0.29) is 5.91 Å². The molecule has 1 heterocycles. The fourth-order valence-electron chi connectivity index (χ4n) is 2.99. The SMILES string of the molecule is O=C1/C(=C\c2ccc(OCc3ccccc3Cl)cc2)SC(=S)N1Cc1ccccc1. The second kappa shape index (κ2) is 9.47. The third-order valence-electron chi connectivity index (χ3n) is 4.59. The number of carbonyl (C=O) groups is 1. The van der Waals surface area contributed by atoms with Crippen LogP contribution in [0.15, 0.2) is 83.8 Å². The molecule has 0 spiro atoms. The molecule has 150 valence electrons. The van der Waals surface area contributed by atoms with Crippen LogP contribution in [0.2, 0.25) is 5.02 Å². The monoisotopic (exact) mass is 451 g/mol. The van der Waals surface area contributed by atoms with Crippen LogP contribution in [-0.2, 0) is 17.9 Å². The van der Waals surface area contributed by atoms with E-state index < -0.39 is 0 Å². The van der Waals surface area contributed by atoms with Crippen molar-refractivity contribution in [2.24, 2.45) is 0 Å². The van der Waals surface area contributed by atoms with Gasteiger partial charge in [-0.2, -0.15) is 0 Å². The quantitative estimate of drug-likeness (QED) is 0.324. The maximum atomic E-state index is 12.8. The highest BCUT2D eigenvalue weighted by Crippen LogP contribution is 2.33. The van der Waals surface area contributed by atoms with Crippen LogP contribution in [0, 0.1) is 0 Å². The van der Waals surface area contributed by atoms with Gasteiger partial charge >= 0.3 is 0 Å². The maximum Gasteiger partial charge on any atom is 0.266 e. The number of thioether (sulfide) groups is 1. The van der Waals surface area contributed by atoms with Gasteiger partial charge in [-0.05, 0) is 35.4 Å². The summed E-state index contributed by atoms with van der Waals surface area (Å²) in [6.07, 6.45) is 1.86. The molecule has 3 aromatic carbocycles. The first-order valence-corrected chi connectivity index (χ1v) is 11.0. The van der Waals surface area contributed by atoms with Gasteiger partial charge in [0.15, 0.2) is 0 Å². The number of ether oxygens (including phenoxy) is 1. The average Bonchev–Trinajstić information content (AvgIpc) is 3.02. The van der Waals surface area contributed by atoms with Gasteiger partial charge in [-0.25, -0.2) is 0 Å². The molecule has 0 N–H and O–H groups in total. The van der Waals surface area contributed by atoms with Crippen LogP contribution in [0.1, 0.15) is 16.7 Å². The lowest BCUT2D eigenvalue weighted by molar-refractivity contribution is -0.122. The summed E-state index contributed by atoms with van der Waals surface area (Å²) in [7, 11) is 0. The minimum absolute atomic E-state index is 0.0621. The van der Waals surface area contributed by atoms with Crippen LogP contribution in [0.5, 0.6) is 5.75 Å². The zero-order chi connectivity index (χ0) is 20.9. The van der Waals surface area contributed by atoms with Crippen molar-refractivity contribution in [3.05, 3.63) is 105 Å². The molecule has 0 aromatic heterocycles. The molecule has 1 aliphatic rings. The zero-order valence-electron chi connectivity index (χ0n) is 16.0. The molecule has 1 aliphatic heterocycles. The van der Waals surface area contributed by atoms with E-state index in [1.165, 1.54) is 11.8 Å². The summed E-state index contributed by atoms with van der Waals surface area (Å²) in [6.45, 7) is 0.884. The van der Waals surface area contributed by atoms with E-state index in [4.69, 9.17) is 28.6 Å². The Balaban J connectivity index is 1.41. The van der Waals surface area contributed by atoms with Crippen molar-refractivity contribution < 1.29 is 9.53 Å². The van der Waals surface area contributed by atoms with Gasteiger partial charge in [0.05, 0.1) is 11.4 Å². The molecular formula is C24H18ClNO2S2. The summed E-state index contributed by atoms with van der Waals surface area (Å²) in [6, 6.07) is 25.1. The van der Waals surface area contributed by atoms with Gasteiger partial charge in [-0.15, -0.1) is 0 Å². The summed E-state index contributed by atoms with van der Waals surface area (Å²) >= 11 is 12.9. The minimum atomic E-state index is -0.0621. The number of nitrogens with zero attached hydrogens (tertiary/aromatic N) is 1. The lowest BCUT2D eigenvalue weighted by Gasteiger charge is -2.14. The van der Waals surface area contributed by atoms with Crippen molar-refractivity contribution >= 4 is 51.9 Å². The molecule has 4 rings (SSSR count). The summed E-state index contributed by atoms with van der Waals surface area (Å²) in [4.78, 5) is 15.1. The fourth-order valence-corrected chi connectivity index (χ4v) is 4.44. The van der Waals surface area contributed by atoms with Gasteiger partial charge < -0.3 is 4.74 Å². The summed E-state index contributed by atoms with van der Waals surface area (Å²) in [5.41, 5.74) is 2.90. The largest absolute Gasteiger partial charge is 0.489 e. The van der Waals surface area contributed by atoms with Crippen LogP contribution in [0.25, 0.3) is 6.08 Å². The Kier molecular flexibility index (Phi) is 6.53. The van der Waals surface area contributed by atoms with E-state index >= 15 is 0 Å². The average molecular weight is 452 g/mol. The molecule has 0 bridgehead atoms. The highest BCUT2D eigenvalue weighted by molar-refractivity contribution is 8.26. The molecule has 0 unspecified atom stereocenters. The first-order valence-electron chi connectivity index (χ1n) is 9.36. The normalized spacial score (nSPS) is 15.1. The first-order chi connectivity index (χ1) is 14.6. The Bertz CT molecular complexity index is 1100. The van der Waals surface area contributed by atoms with E-state index in [0.29, 0.717) is 27.4 Å². The molecule has 6 heteroatoms. The molecular weight excluding hydrogens is 434 g/mol. The van der Waals surface area contributed by atoms with Crippen molar-refractivity contribution in [1.82, 2.24) is 4.90 Å². The van der Waals surface area contributed by atoms with Gasteiger partial charge in [0.2, 0.25) is 0 Å². The van der Waals surface area contributed by atoms with Crippen LogP contribution < -0.4 is 4.74 Å². The summed E-state index contributed by atoms with van der Waals surface area (Å²) in [5, 5.41) is 0.687. The predicted octanol–water partition coefficient (Wildman–Crippen LogP) is 6.32. The third-order valence-corrected chi connectivity index (χ3v) is 6.33. The predicted molar refractivity (Wildman–Crippen MR) is 127 cm³/mol. The molecule has 1 amide bonds. The topological polar surface area (TPSA) is 29.5 Å². The van der Waals surface area contributed by atoms with Crippen molar-refractivity contribution in [2.75, 3.05) is 0 Å². The molecule has 0 radical (unpaired) electrons. The number of carbonyl (C=O) groups excluding carboxylic acids is 1. The van der Waals surface area contributed by atoms with Crippen LogP contribution in [0.4, 0.5) is 0 Å². The highest BCUT2D eigenvalue weighted by Gasteiger charge is 2.31. The van der Waals surface area contributed by atoms with E-state index in [2.05, 4.69) is 0 Å². The molecule has 0 aliphatic carbocycles. The molecule has 0 atom stereocenters. The minimum Gasteiger partial charge on any atom is -0.489 e. The molecule has 3 aromatic rings. The lowest BCUT2D eigenvalue weighted by atomic mass is 10.2. The Morgan fingerprint density at radius 1 is 0.967 bits per heavy atom. The summed E-state index contributed by atoms with van der Waals surface area (Å²) in [5.74, 6) is 0.677. The van der Waals surface area contributed by atoms with E-state index in [1.807, 2.05) is 84.9 Å². The number of halogens is 1. The van der Waals surface area contributed by atoms with Gasteiger partial charge in [-0.1, -0.05) is 96.2 Å². The van der Waals surface area contributed by atoms with E-state index in [9.17, 15) is 4.79 Å². The van der Waals surface area contributed by atoms with E-state index in [1.54, 1.807) is 4.90 Å². The third kappa shape index (κ3) is 4.93. The molecule has 1 saturated heterocycles. The Morgan fingerprint density at radius 3 is 2.40 bits per heavy atom. The standard InChI is InChI=1S/C24H18ClNO2S2/c25-21-9-5-4-8-19(21)16-28-20-12-10-17(11-13-20)14-22-23(27)26(24(29)30-22)15-18-6-2-1-3-7-18/h1-14H,15-16H2/b22-14+. The second-order valence-electron chi connectivity index (χ2n) is 6.70. The van der Waals surface area contributed by atoms with Gasteiger partial charge in [0, 0.05) is 10.6 Å². The van der Waals surface area contributed by atoms with Crippen molar-refractivity contribution in [3.63, 3.8) is 0 Å². The van der Waals surface area contributed by atoms with E-state index in [0.717, 1.165) is 22.4 Å². The maximum absolute atomic E-state index is 12.8. The van der Waals surface area contributed by atoms with Crippen molar-refractivity contribution in [3.8, 4) is 5.75 Å². The lowest BCUT2D eigenvalue weighted by Crippen LogP contribution is -2.27. The first kappa shape index (κ1) is 20.7. The van der Waals surface area contributed by atoms with Gasteiger partial charge in [-0.3, -0.25) is 9.69 Å². The zero-order valence-corrected chi connectivity index (χ0v) is 18.3. The van der Waals surface area contributed by atoms with Crippen LogP contribution in [0.3, 0.4) is 0 Å². The number of thiocarbonyl (C=S) groups is 1. The van der Waals surface area contributed by atoms with Crippen molar-refractivity contribution in [2.45, 2.75) is 13.2 Å². The fraction of sp³-hybridized carbons (Fsp3) is 0.0833.